The monoisotopic (exact) mass is 480 g/mol. The van der Waals surface area contributed by atoms with Gasteiger partial charge in [0.1, 0.15) is 6.04 Å². The Kier molecular flexibility index (Phi) is 7.63. The maximum Gasteiger partial charge on any atom is 0.311 e. The molecule has 0 aromatic carbocycles. The Balaban J connectivity index is 1.59. The zero-order valence-corrected chi connectivity index (χ0v) is 21.0. The topological polar surface area (TPSA) is 95.9 Å². The van der Waals surface area contributed by atoms with Crippen molar-refractivity contribution in [3.8, 4) is 0 Å². The predicted molar refractivity (Wildman–Crippen MR) is 128 cm³/mol. The van der Waals surface area contributed by atoms with Crippen molar-refractivity contribution < 1.29 is 24.2 Å². The lowest BCUT2D eigenvalue weighted by atomic mass is 9.66. The van der Waals surface area contributed by atoms with E-state index in [2.05, 4.69) is 12.2 Å². The highest BCUT2D eigenvalue weighted by Crippen LogP contribution is 2.71. The minimum Gasteiger partial charge on any atom is -0.466 e. The van der Waals surface area contributed by atoms with Gasteiger partial charge in [-0.1, -0.05) is 32.1 Å². The quantitative estimate of drug-likeness (QED) is 0.369. The van der Waals surface area contributed by atoms with Gasteiger partial charge >= 0.3 is 5.97 Å². The van der Waals surface area contributed by atoms with Gasteiger partial charge in [0.25, 0.3) is 0 Å². The van der Waals surface area contributed by atoms with E-state index in [1.54, 1.807) is 23.6 Å². The number of rotatable bonds is 10. The fraction of sp³-hybridized carbons (Fsp3) is 0.880. The molecule has 8 heteroatoms. The van der Waals surface area contributed by atoms with E-state index in [0.29, 0.717) is 13.2 Å². The summed E-state index contributed by atoms with van der Waals surface area (Å²) in [6, 6.07) is -0.343. The first-order valence-corrected chi connectivity index (χ1v) is 13.8. The number of ether oxygens (including phenoxy) is 1. The minimum absolute atomic E-state index is 0.0330. The third-order valence-electron chi connectivity index (χ3n) is 8.32. The molecule has 4 rings (SSSR count). The molecule has 7 nitrogen and oxygen atoms in total. The van der Waals surface area contributed by atoms with Crippen LogP contribution in [0.4, 0.5) is 0 Å². The van der Waals surface area contributed by atoms with E-state index < -0.39 is 22.6 Å². The van der Waals surface area contributed by atoms with E-state index in [9.17, 15) is 14.4 Å². The molecule has 2 amide bonds. The van der Waals surface area contributed by atoms with Gasteiger partial charge in [0.05, 0.1) is 23.2 Å². The number of aliphatic hydroxyl groups excluding tert-OH is 1. The van der Waals surface area contributed by atoms with Crippen LogP contribution in [0, 0.1) is 11.8 Å². The molecule has 2 unspecified atom stereocenters. The molecule has 3 aliphatic heterocycles. The minimum atomic E-state index is -0.549. The van der Waals surface area contributed by atoms with Gasteiger partial charge < -0.3 is 20.1 Å². The van der Waals surface area contributed by atoms with Gasteiger partial charge in [0.2, 0.25) is 11.8 Å². The van der Waals surface area contributed by atoms with Crippen molar-refractivity contribution in [2.75, 3.05) is 19.8 Å². The van der Waals surface area contributed by atoms with Crippen LogP contribution >= 0.6 is 11.8 Å². The fourth-order valence-corrected chi connectivity index (χ4v) is 9.18. The average molecular weight is 481 g/mol. The van der Waals surface area contributed by atoms with Crippen molar-refractivity contribution in [2.45, 2.75) is 106 Å². The molecular formula is C25H40N2O5S. The summed E-state index contributed by atoms with van der Waals surface area (Å²) in [6.45, 7) is 4.87. The highest BCUT2D eigenvalue weighted by atomic mass is 32.2. The first-order valence-electron chi connectivity index (χ1n) is 13.0. The van der Waals surface area contributed by atoms with Crippen LogP contribution in [0.15, 0.2) is 0 Å². The second kappa shape index (κ2) is 10.1. The summed E-state index contributed by atoms with van der Waals surface area (Å²) >= 11 is 1.71. The van der Waals surface area contributed by atoms with Crippen LogP contribution < -0.4 is 5.32 Å². The molecule has 0 radical (unpaired) electrons. The van der Waals surface area contributed by atoms with E-state index in [4.69, 9.17) is 9.84 Å². The summed E-state index contributed by atoms with van der Waals surface area (Å²) < 4.78 is 4.52. The highest BCUT2D eigenvalue weighted by Gasteiger charge is 2.77. The molecule has 3 saturated heterocycles. The molecule has 0 aromatic rings. The van der Waals surface area contributed by atoms with Gasteiger partial charge in [-0.3, -0.25) is 14.4 Å². The number of hydrogen-bond acceptors (Lipinski definition) is 6. The van der Waals surface area contributed by atoms with Gasteiger partial charge in [0.15, 0.2) is 0 Å². The molecule has 0 aromatic heterocycles. The highest BCUT2D eigenvalue weighted by molar-refractivity contribution is 8.02. The number of hydrogen-bond donors (Lipinski definition) is 2. The Morgan fingerprint density at radius 1 is 1.15 bits per heavy atom. The summed E-state index contributed by atoms with van der Waals surface area (Å²) in [5, 5.41) is 12.4. The molecule has 2 bridgehead atoms. The van der Waals surface area contributed by atoms with Crippen molar-refractivity contribution >= 4 is 29.5 Å². The number of fused-ring (bicyclic) bond motifs is 1. The SMILES string of the molecule is CCOC(=O)[C@H]1[C@H]2C(=O)N(CCCCCCO)C(C(=O)NC3CCCCC3)C23CC[C@]1(C)S3. The van der Waals surface area contributed by atoms with Crippen LogP contribution in [0.25, 0.3) is 0 Å². The number of unbranched alkanes of at least 4 members (excludes halogenated alkanes) is 3. The van der Waals surface area contributed by atoms with Crippen LogP contribution in [0.3, 0.4) is 0 Å². The van der Waals surface area contributed by atoms with Gasteiger partial charge in [-0.05, 0) is 52.4 Å². The van der Waals surface area contributed by atoms with Crippen LogP contribution in [-0.2, 0) is 19.1 Å². The Bertz CT molecular complexity index is 757. The maximum absolute atomic E-state index is 13.8. The summed E-state index contributed by atoms with van der Waals surface area (Å²) in [5.41, 5.74) is 0. The second-order valence-electron chi connectivity index (χ2n) is 10.5. The average Bonchev–Trinajstić information content (AvgIpc) is 3.35. The molecule has 3 heterocycles. The van der Waals surface area contributed by atoms with Crippen molar-refractivity contribution in [1.82, 2.24) is 10.2 Å². The zero-order chi connectivity index (χ0) is 23.6. The van der Waals surface area contributed by atoms with Crippen LogP contribution in [0.2, 0.25) is 0 Å². The van der Waals surface area contributed by atoms with Crippen molar-refractivity contribution in [3.05, 3.63) is 0 Å². The van der Waals surface area contributed by atoms with Crippen LogP contribution in [-0.4, -0.2) is 69.1 Å². The number of carbonyl (C=O) groups excluding carboxylic acids is 3. The molecule has 5 atom stereocenters. The number of carbonyl (C=O) groups is 3. The van der Waals surface area contributed by atoms with E-state index in [-0.39, 0.29) is 35.2 Å². The Labute approximate surface area is 201 Å². The number of nitrogens with zero attached hydrogens (tertiary/aromatic N) is 1. The number of nitrogens with one attached hydrogen (secondary N) is 1. The van der Waals surface area contributed by atoms with E-state index >= 15 is 0 Å². The summed E-state index contributed by atoms with van der Waals surface area (Å²) in [7, 11) is 0. The molecule has 4 aliphatic rings. The van der Waals surface area contributed by atoms with Crippen LogP contribution in [0.5, 0.6) is 0 Å². The number of thioether (sulfide) groups is 1. The van der Waals surface area contributed by atoms with Crippen molar-refractivity contribution in [2.24, 2.45) is 11.8 Å². The number of aliphatic hydroxyl groups is 1. The lowest BCUT2D eigenvalue weighted by molar-refractivity contribution is -0.155. The Morgan fingerprint density at radius 3 is 2.58 bits per heavy atom. The van der Waals surface area contributed by atoms with E-state index in [0.717, 1.165) is 64.2 Å². The number of amides is 2. The first kappa shape index (κ1) is 24.8. The molecular weight excluding hydrogens is 440 g/mol. The Morgan fingerprint density at radius 2 is 1.88 bits per heavy atom. The molecule has 33 heavy (non-hydrogen) atoms. The predicted octanol–water partition coefficient (Wildman–Crippen LogP) is 3.03. The first-order chi connectivity index (χ1) is 15.9. The molecule has 2 N–H and O–H groups in total. The van der Waals surface area contributed by atoms with E-state index in [1.807, 2.05) is 0 Å². The molecule has 4 fully saturated rings. The molecule has 1 aliphatic carbocycles. The summed E-state index contributed by atoms with van der Waals surface area (Å²) in [5.74, 6) is -1.35. The van der Waals surface area contributed by atoms with Crippen molar-refractivity contribution in [3.63, 3.8) is 0 Å². The summed E-state index contributed by atoms with van der Waals surface area (Å²) in [6.07, 6.45) is 10.5. The zero-order valence-electron chi connectivity index (χ0n) is 20.1. The fourth-order valence-electron chi connectivity index (χ4n) is 6.83. The van der Waals surface area contributed by atoms with E-state index in [1.165, 1.54) is 6.42 Å². The van der Waals surface area contributed by atoms with Gasteiger partial charge in [0, 0.05) is 23.9 Å². The van der Waals surface area contributed by atoms with Crippen LogP contribution in [0.1, 0.15) is 84.5 Å². The lowest BCUT2D eigenvalue weighted by Gasteiger charge is -2.35. The summed E-state index contributed by atoms with van der Waals surface area (Å²) in [4.78, 5) is 42.4. The molecule has 1 saturated carbocycles. The second-order valence-corrected chi connectivity index (χ2v) is 12.4. The van der Waals surface area contributed by atoms with Gasteiger partial charge in [-0.25, -0.2) is 0 Å². The Hall–Kier alpha value is -1.28. The van der Waals surface area contributed by atoms with Gasteiger partial charge in [-0.15, -0.1) is 11.8 Å². The normalized spacial score (nSPS) is 35.7. The maximum atomic E-state index is 13.8. The lowest BCUT2D eigenvalue weighted by Crippen LogP contribution is -2.55. The largest absolute Gasteiger partial charge is 0.466 e. The number of esters is 1. The standard InChI is InChI=1S/C25H40N2O5S/c1-3-32-23(31)19-18-22(30)27(15-9-4-5-10-16-28)20(25(18)14-13-24(19,2)33-25)21(29)26-17-11-7-6-8-12-17/h17-20,28H,3-16H2,1-2H3,(H,26,29)/t18-,19+,20?,24-,25?/m0/s1. The third kappa shape index (κ3) is 4.42. The third-order valence-corrected chi connectivity index (χ3v) is 10.3. The van der Waals surface area contributed by atoms with Gasteiger partial charge in [-0.2, -0.15) is 0 Å². The molecule has 1 spiro atoms. The number of likely N-dealkylation sites (tertiary alicyclic amines) is 1. The van der Waals surface area contributed by atoms with Crippen molar-refractivity contribution in [1.29, 1.82) is 0 Å². The molecule has 186 valence electrons. The smallest absolute Gasteiger partial charge is 0.311 e.